The summed E-state index contributed by atoms with van der Waals surface area (Å²) >= 11 is 0. The first kappa shape index (κ1) is 20.5. The van der Waals surface area contributed by atoms with E-state index in [2.05, 4.69) is 15.6 Å². The van der Waals surface area contributed by atoms with Crippen molar-refractivity contribution in [3.63, 3.8) is 0 Å². The van der Waals surface area contributed by atoms with Crippen LogP contribution in [0.2, 0.25) is 0 Å². The molecule has 0 aromatic carbocycles. The maximum absolute atomic E-state index is 10.9. The molecule has 1 fully saturated rings. The first-order chi connectivity index (χ1) is 13.4. The summed E-state index contributed by atoms with van der Waals surface area (Å²) in [5.74, 6) is 3.59. The van der Waals surface area contributed by atoms with Crippen LogP contribution in [0.1, 0.15) is 36.2 Å². The third-order valence-electron chi connectivity index (χ3n) is 4.99. The predicted molar refractivity (Wildman–Crippen MR) is 107 cm³/mol. The third kappa shape index (κ3) is 5.62. The molecule has 0 saturated carbocycles. The fourth-order valence-electron chi connectivity index (χ4n) is 3.40. The molecule has 0 amide bonds. The van der Waals surface area contributed by atoms with Gasteiger partial charge in [0.05, 0.1) is 19.4 Å². The van der Waals surface area contributed by atoms with Crippen LogP contribution in [0.4, 0.5) is 0 Å². The zero-order valence-electron chi connectivity index (χ0n) is 17.0. The van der Waals surface area contributed by atoms with E-state index in [-0.39, 0.29) is 6.54 Å². The lowest BCUT2D eigenvalue weighted by atomic mass is 9.96. The first-order valence-electron chi connectivity index (χ1n) is 9.86. The first-order valence-corrected chi connectivity index (χ1v) is 9.86. The van der Waals surface area contributed by atoms with Crippen molar-refractivity contribution in [2.75, 3.05) is 32.8 Å². The van der Waals surface area contributed by atoms with E-state index >= 15 is 0 Å². The molecule has 0 aliphatic carbocycles. The number of nitrogens with zero attached hydrogens (tertiary/aromatic N) is 1. The number of aliphatic imine (C=N–C) groups is 1. The van der Waals surface area contributed by atoms with Crippen LogP contribution in [-0.4, -0.2) is 43.9 Å². The Labute approximate surface area is 166 Å². The monoisotopic (exact) mass is 389 g/mol. The number of aliphatic hydroxyl groups is 1. The number of rotatable bonds is 8. The fourth-order valence-corrected chi connectivity index (χ4v) is 3.40. The number of aryl methyl sites for hydroxylation is 2. The number of ether oxygens (including phenoxy) is 1. The van der Waals surface area contributed by atoms with Crippen molar-refractivity contribution < 1.29 is 18.7 Å². The second kappa shape index (κ2) is 9.30. The Bertz CT molecular complexity index is 759. The zero-order valence-corrected chi connectivity index (χ0v) is 17.0. The third-order valence-corrected chi connectivity index (χ3v) is 4.99. The van der Waals surface area contributed by atoms with Crippen LogP contribution in [0.15, 0.2) is 38.3 Å². The van der Waals surface area contributed by atoms with E-state index in [0.29, 0.717) is 18.4 Å². The highest BCUT2D eigenvalue weighted by molar-refractivity contribution is 5.79. The van der Waals surface area contributed by atoms with Crippen LogP contribution in [0, 0.1) is 19.8 Å². The zero-order chi connectivity index (χ0) is 20.0. The van der Waals surface area contributed by atoms with Crippen molar-refractivity contribution in [1.82, 2.24) is 10.6 Å². The molecule has 3 N–H and O–H groups in total. The molecule has 1 saturated heterocycles. The normalized spacial score (nSPS) is 19.6. The molecule has 3 heterocycles. The largest absolute Gasteiger partial charge is 0.469 e. The van der Waals surface area contributed by atoms with Gasteiger partial charge < -0.3 is 29.3 Å². The molecule has 7 nitrogen and oxygen atoms in total. The molecule has 0 bridgehead atoms. The second-order valence-electron chi connectivity index (χ2n) is 7.63. The molecule has 154 valence electrons. The molecule has 28 heavy (non-hydrogen) atoms. The summed E-state index contributed by atoms with van der Waals surface area (Å²) in [5.41, 5.74) is -0.332. The Morgan fingerprint density at radius 1 is 1.36 bits per heavy atom. The average molecular weight is 389 g/mol. The molecule has 1 aliphatic heterocycles. The number of hydrogen-bond donors (Lipinski definition) is 3. The fraction of sp³-hybridized carbons (Fsp3) is 0.571. The SMILES string of the molecule is Cc1cc(C(C)(O)CN=C(NCCc2ccco2)NCC2CCOC2)c(C)o1. The van der Waals surface area contributed by atoms with E-state index in [1.807, 2.05) is 32.0 Å². The molecule has 7 heteroatoms. The van der Waals surface area contributed by atoms with Crippen molar-refractivity contribution in [2.24, 2.45) is 10.9 Å². The Morgan fingerprint density at radius 2 is 2.21 bits per heavy atom. The van der Waals surface area contributed by atoms with Gasteiger partial charge in [-0.1, -0.05) is 0 Å². The molecular formula is C21H31N3O4. The Kier molecular flexibility index (Phi) is 6.80. The van der Waals surface area contributed by atoms with Gasteiger partial charge in [-0.15, -0.1) is 0 Å². The van der Waals surface area contributed by atoms with Gasteiger partial charge >= 0.3 is 0 Å². The van der Waals surface area contributed by atoms with E-state index in [1.54, 1.807) is 13.2 Å². The van der Waals surface area contributed by atoms with Crippen LogP contribution >= 0.6 is 0 Å². The lowest BCUT2D eigenvalue weighted by Gasteiger charge is -2.22. The topological polar surface area (TPSA) is 92.2 Å². The van der Waals surface area contributed by atoms with Gasteiger partial charge in [-0.25, -0.2) is 4.99 Å². The summed E-state index contributed by atoms with van der Waals surface area (Å²) < 4.78 is 16.4. The van der Waals surface area contributed by atoms with Crippen molar-refractivity contribution in [3.05, 3.63) is 47.3 Å². The maximum Gasteiger partial charge on any atom is 0.191 e. The summed E-state index contributed by atoms with van der Waals surface area (Å²) in [6, 6.07) is 5.71. The number of guanidine groups is 1. The minimum atomic E-state index is -1.10. The van der Waals surface area contributed by atoms with E-state index in [4.69, 9.17) is 13.6 Å². The Hall–Kier alpha value is -2.25. The predicted octanol–water partition coefficient (Wildman–Crippen LogP) is 2.51. The molecule has 2 aromatic rings. The lowest BCUT2D eigenvalue weighted by Crippen LogP contribution is -2.42. The van der Waals surface area contributed by atoms with Crippen LogP contribution in [0.5, 0.6) is 0 Å². The van der Waals surface area contributed by atoms with Crippen molar-refractivity contribution in [2.45, 2.75) is 39.2 Å². The van der Waals surface area contributed by atoms with Crippen molar-refractivity contribution >= 4 is 5.96 Å². The molecule has 0 radical (unpaired) electrons. The molecule has 2 unspecified atom stereocenters. The molecule has 2 aromatic heterocycles. The molecule has 2 atom stereocenters. The van der Waals surface area contributed by atoms with Gasteiger partial charge in [0.15, 0.2) is 5.96 Å². The summed E-state index contributed by atoms with van der Waals surface area (Å²) in [6.45, 7) is 8.80. The van der Waals surface area contributed by atoms with Crippen molar-refractivity contribution in [3.8, 4) is 0 Å². The second-order valence-corrected chi connectivity index (χ2v) is 7.63. The van der Waals surface area contributed by atoms with Gasteiger partial charge in [0, 0.05) is 37.6 Å². The van der Waals surface area contributed by atoms with E-state index in [9.17, 15) is 5.11 Å². The standard InChI is InChI=1S/C21H31N3O4/c1-15-11-19(16(2)28-15)21(3,25)14-24-20(23-12-17-7-10-26-13-17)22-8-6-18-5-4-9-27-18/h4-5,9,11,17,25H,6-8,10,12-14H2,1-3H3,(H2,22,23,24). The summed E-state index contributed by atoms with van der Waals surface area (Å²) in [5, 5.41) is 17.6. The lowest BCUT2D eigenvalue weighted by molar-refractivity contribution is 0.0657. The van der Waals surface area contributed by atoms with Gasteiger partial charge in [0.25, 0.3) is 0 Å². The quantitative estimate of drug-likeness (QED) is 0.475. The molecular weight excluding hydrogens is 358 g/mol. The van der Waals surface area contributed by atoms with Gasteiger partial charge in [-0.05, 0) is 45.4 Å². The molecule has 3 rings (SSSR count). The van der Waals surface area contributed by atoms with Gasteiger partial charge in [0.1, 0.15) is 22.9 Å². The molecule has 0 spiro atoms. The number of hydrogen-bond acceptors (Lipinski definition) is 5. The van der Waals surface area contributed by atoms with Gasteiger partial charge in [-0.2, -0.15) is 0 Å². The summed E-state index contributed by atoms with van der Waals surface area (Å²) in [7, 11) is 0. The van der Waals surface area contributed by atoms with E-state index < -0.39 is 5.60 Å². The number of furan rings is 2. The number of nitrogens with one attached hydrogen (secondary N) is 2. The van der Waals surface area contributed by atoms with Gasteiger partial charge in [-0.3, -0.25) is 0 Å². The highest BCUT2D eigenvalue weighted by Gasteiger charge is 2.27. The van der Waals surface area contributed by atoms with E-state index in [0.717, 1.165) is 55.4 Å². The average Bonchev–Trinajstić information content (AvgIpc) is 3.39. The van der Waals surface area contributed by atoms with Crippen molar-refractivity contribution in [1.29, 1.82) is 0 Å². The minimum Gasteiger partial charge on any atom is -0.469 e. The summed E-state index contributed by atoms with van der Waals surface area (Å²) in [4.78, 5) is 4.63. The van der Waals surface area contributed by atoms with Crippen LogP contribution in [0.3, 0.4) is 0 Å². The van der Waals surface area contributed by atoms with Gasteiger partial charge in [0.2, 0.25) is 0 Å². The van der Waals surface area contributed by atoms with E-state index in [1.165, 1.54) is 0 Å². The minimum absolute atomic E-state index is 0.226. The highest BCUT2D eigenvalue weighted by Crippen LogP contribution is 2.27. The van der Waals surface area contributed by atoms with Crippen LogP contribution in [0.25, 0.3) is 0 Å². The Balaban J connectivity index is 1.62. The smallest absolute Gasteiger partial charge is 0.191 e. The highest BCUT2D eigenvalue weighted by atomic mass is 16.5. The van der Waals surface area contributed by atoms with Crippen LogP contribution in [-0.2, 0) is 16.8 Å². The maximum atomic E-state index is 10.9. The summed E-state index contributed by atoms with van der Waals surface area (Å²) in [6.07, 6.45) is 3.49. The Morgan fingerprint density at radius 3 is 2.86 bits per heavy atom. The van der Waals surface area contributed by atoms with Crippen LogP contribution < -0.4 is 10.6 Å². The molecule has 1 aliphatic rings.